The molecule has 0 aliphatic heterocycles. The number of anilines is 1. The highest BCUT2D eigenvalue weighted by Gasteiger charge is 2.19. The average Bonchev–Trinajstić information content (AvgIpc) is 2.78. The second kappa shape index (κ2) is 5.98. The molecule has 0 saturated carbocycles. The van der Waals surface area contributed by atoms with E-state index in [4.69, 9.17) is 9.84 Å². The minimum absolute atomic E-state index is 0.0340. The Labute approximate surface area is 132 Å². The van der Waals surface area contributed by atoms with Crippen LogP contribution in [0.5, 0.6) is 5.75 Å². The second-order valence-corrected chi connectivity index (χ2v) is 7.80. The molecule has 2 N–H and O–H groups in total. The molecule has 2 rings (SSSR count). The molecule has 0 fully saturated rings. The van der Waals surface area contributed by atoms with Crippen LogP contribution < -0.4 is 9.46 Å². The van der Waals surface area contributed by atoms with Gasteiger partial charge in [0.05, 0.1) is 12.8 Å². The summed E-state index contributed by atoms with van der Waals surface area (Å²) >= 11 is 1.18. The molecule has 6 nitrogen and oxygen atoms in total. The van der Waals surface area contributed by atoms with E-state index in [-0.39, 0.29) is 21.2 Å². The van der Waals surface area contributed by atoms with Crippen molar-refractivity contribution in [3.63, 3.8) is 0 Å². The molecule has 0 atom stereocenters. The van der Waals surface area contributed by atoms with E-state index >= 15 is 0 Å². The van der Waals surface area contributed by atoms with Crippen molar-refractivity contribution in [1.29, 1.82) is 0 Å². The van der Waals surface area contributed by atoms with Crippen molar-refractivity contribution >= 4 is 33.0 Å². The average molecular weight is 341 g/mol. The number of aromatic carboxylic acids is 1. The minimum atomic E-state index is -3.71. The number of sulfonamides is 1. The third kappa shape index (κ3) is 3.23. The molecular formula is C14H15NO5S2. The van der Waals surface area contributed by atoms with Crippen molar-refractivity contribution in [2.24, 2.45) is 0 Å². The topological polar surface area (TPSA) is 92.7 Å². The maximum Gasteiger partial charge on any atom is 0.339 e. The van der Waals surface area contributed by atoms with Crippen molar-refractivity contribution < 1.29 is 23.1 Å². The van der Waals surface area contributed by atoms with E-state index in [1.165, 1.54) is 36.6 Å². The number of hydrogen-bond acceptors (Lipinski definition) is 5. The van der Waals surface area contributed by atoms with Crippen molar-refractivity contribution in [3.8, 4) is 5.75 Å². The zero-order valence-corrected chi connectivity index (χ0v) is 13.8. The normalized spacial score (nSPS) is 11.2. The first kappa shape index (κ1) is 16.3. The molecule has 0 bridgehead atoms. The van der Waals surface area contributed by atoms with E-state index in [2.05, 4.69) is 4.72 Å². The van der Waals surface area contributed by atoms with E-state index in [1.54, 1.807) is 6.07 Å². The van der Waals surface area contributed by atoms with Crippen LogP contribution in [-0.4, -0.2) is 26.6 Å². The quantitative estimate of drug-likeness (QED) is 0.872. The Morgan fingerprint density at radius 2 is 1.95 bits per heavy atom. The molecule has 22 heavy (non-hydrogen) atoms. The molecule has 118 valence electrons. The molecule has 0 spiro atoms. The number of carboxylic acids is 1. The number of methoxy groups -OCH3 is 1. The maximum absolute atomic E-state index is 12.3. The summed E-state index contributed by atoms with van der Waals surface area (Å²) in [6.07, 6.45) is 0. The lowest BCUT2D eigenvalue weighted by Gasteiger charge is -2.10. The molecule has 0 radical (unpaired) electrons. The molecule has 8 heteroatoms. The molecule has 0 aliphatic rings. The summed E-state index contributed by atoms with van der Waals surface area (Å²) < 4.78 is 32.3. The van der Waals surface area contributed by atoms with Gasteiger partial charge in [0.25, 0.3) is 10.0 Å². The van der Waals surface area contributed by atoms with Gasteiger partial charge in [-0.2, -0.15) is 0 Å². The molecule has 0 amide bonds. The molecule has 1 aromatic heterocycles. The third-order valence-electron chi connectivity index (χ3n) is 3.09. The largest absolute Gasteiger partial charge is 0.496 e. The van der Waals surface area contributed by atoms with Gasteiger partial charge in [0.1, 0.15) is 15.5 Å². The van der Waals surface area contributed by atoms with Crippen LogP contribution in [0.25, 0.3) is 0 Å². The molecule has 1 heterocycles. The van der Waals surface area contributed by atoms with Gasteiger partial charge < -0.3 is 9.84 Å². The summed E-state index contributed by atoms with van der Waals surface area (Å²) in [5.41, 5.74) is 1.11. The molecule has 0 saturated heterocycles. The Hall–Kier alpha value is -2.06. The van der Waals surface area contributed by atoms with E-state index in [9.17, 15) is 13.2 Å². The predicted octanol–water partition coefficient (Wildman–Crippen LogP) is 2.87. The Morgan fingerprint density at radius 3 is 2.45 bits per heavy atom. The van der Waals surface area contributed by atoms with Crippen LogP contribution in [0, 0.1) is 13.8 Å². The number of hydrogen-bond donors (Lipinski definition) is 2. The molecule has 1 aromatic carbocycles. The lowest BCUT2D eigenvalue weighted by molar-refractivity contribution is 0.0693. The van der Waals surface area contributed by atoms with Crippen molar-refractivity contribution in [2.75, 3.05) is 11.8 Å². The summed E-state index contributed by atoms with van der Waals surface area (Å²) in [5, 5.41) is 9.01. The first-order valence-corrected chi connectivity index (χ1v) is 8.55. The van der Waals surface area contributed by atoms with Crippen LogP contribution in [0.4, 0.5) is 5.69 Å². The highest BCUT2D eigenvalue weighted by molar-refractivity contribution is 7.94. The van der Waals surface area contributed by atoms with Gasteiger partial charge in [-0.15, -0.1) is 11.3 Å². The lowest BCUT2D eigenvalue weighted by Crippen LogP contribution is -2.12. The molecule has 0 aliphatic carbocycles. The lowest BCUT2D eigenvalue weighted by atomic mass is 10.2. The van der Waals surface area contributed by atoms with Crippen LogP contribution in [0.1, 0.15) is 20.8 Å². The molecule has 0 unspecified atom stereocenters. The van der Waals surface area contributed by atoms with Gasteiger partial charge in [-0.05, 0) is 37.6 Å². The summed E-state index contributed by atoms with van der Waals surface area (Å²) in [6, 6.07) is 5.63. The maximum atomic E-state index is 12.3. The second-order valence-electron chi connectivity index (χ2n) is 4.63. The number of nitrogens with one attached hydrogen (secondary N) is 1. The smallest absolute Gasteiger partial charge is 0.339 e. The van der Waals surface area contributed by atoms with E-state index in [0.29, 0.717) is 0 Å². The van der Waals surface area contributed by atoms with Crippen LogP contribution in [0.3, 0.4) is 0 Å². The number of aryl methyl sites for hydroxylation is 2. The van der Waals surface area contributed by atoms with Gasteiger partial charge in [-0.1, -0.05) is 0 Å². The number of thiophene rings is 1. The fourth-order valence-electron chi connectivity index (χ4n) is 1.81. The summed E-state index contributed by atoms with van der Waals surface area (Å²) in [7, 11) is -2.38. The number of carboxylic acid groups (broad SMARTS) is 1. The zero-order valence-electron chi connectivity index (χ0n) is 12.2. The summed E-state index contributed by atoms with van der Waals surface area (Å²) in [4.78, 5) is 12.0. The Balaban J connectivity index is 2.35. The fraction of sp³-hybridized carbons (Fsp3) is 0.214. The van der Waals surface area contributed by atoms with Gasteiger partial charge in [0, 0.05) is 10.9 Å². The Morgan fingerprint density at radius 1 is 1.27 bits per heavy atom. The first-order valence-electron chi connectivity index (χ1n) is 6.26. The number of rotatable bonds is 5. The van der Waals surface area contributed by atoms with Crippen LogP contribution in [0.2, 0.25) is 0 Å². The highest BCUT2D eigenvalue weighted by Crippen LogP contribution is 2.29. The van der Waals surface area contributed by atoms with Gasteiger partial charge >= 0.3 is 5.97 Å². The Bertz CT molecular complexity index is 804. The zero-order chi connectivity index (χ0) is 16.5. The summed E-state index contributed by atoms with van der Waals surface area (Å²) in [5.74, 6) is -1.05. The van der Waals surface area contributed by atoms with Crippen LogP contribution in [0.15, 0.2) is 28.5 Å². The SMILES string of the molecule is COc1cc(NS(=O)(=O)c2cc(C)c(C)s2)ccc1C(=O)O. The number of benzene rings is 1. The first-order chi connectivity index (χ1) is 10.2. The minimum Gasteiger partial charge on any atom is -0.496 e. The van der Waals surface area contributed by atoms with Crippen LogP contribution in [-0.2, 0) is 10.0 Å². The van der Waals surface area contributed by atoms with E-state index in [0.717, 1.165) is 10.4 Å². The fourth-order valence-corrected chi connectivity index (χ4v) is 4.37. The summed E-state index contributed by atoms with van der Waals surface area (Å²) in [6.45, 7) is 3.69. The van der Waals surface area contributed by atoms with Crippen molar-refractivity contribution in [1.82, 2.24) is 0 Å². The highest BCUT2D eigenvalue weighted by atomic mass is 32.2. The molecule has 2 aromatic rings. The third-order valence-corrected chi connectivity index (χ3v) is 6.10. The van der Waals surface area contributed by atoms with E-state index in [1.807, 2.05) is 13.8 Å². The standard InChI is InChI=1S/C14H15NO5S2/c1-8-6-13(21-9(8)2)22(18,19)15-10-4-5-11(14(16)17)12(7-10)20-3/h4-7,15H,1-3H3,(H,16,17). The molecular weight excluding hydrogens is 326 g/mol. The number of ether oxygens (including phenoxy) is 1. The monoisotopic (exact) mass is 341 g/mol. The van der Waals surface area contributed by atoms with Gasteiger partial charge in [0.15, 0.2) is 0 Å². The Kier molecular flexibility index (Phi) is 4.43. The van der Waals surface area contributed by atoms with Gasteiger partial charge in [-0.3, -0.25) is 4.72 Å². The van der Waals surface area contributed by atoms with Gasteiger partial charge in [-0.25, -0.2) is 13.2 Å². The number of carbonyl (C=O) groups is 1. The van der Waals surface area contributed by atoms with E-state index < -0.39 is 16.0 Å². The van der Waals surface area contributed by atoms with Gasteiger partial charge in [0.2, 0.25) is 0 Å². The van der Waals surface area contributed by atoms with Crippen LogP contribution >= 0.6 is 11.3 Å². The predicted molar refractivity (Wildman–Crippen MR) is 84.6 cm³/mol. The van der Waals surface area contributed by atoms with Crippen molar-refractivity contribution in [2.45, 2.75) is 18.1 Å². The van der Waals surface area contributed by atoms with Crippen molar-refractivity contribution in [3.05, 3.63) is 40.3 Å².